The van der Waals surface area contributed by atoms with Crippen molar-refractivity contribution < 1.29 is 0 Å². The molecular weight excluding hydrogens is 388 g/mol. The zero-order valence-corrected chi connectivity index (χ0v) is 17.5. The molecular formula is C24H24N6O. The van der Waals surface area contributed by atoms with Crippen molar-refractivity contribution in [3.63, 3.8) is 0 Å². The Kier molecular flexibility index (Phi) is 4.72. The van der Waals surface area contributed by atoms with Crippen LogP contribution < -0.4 is 16.3 Å². The van der Waals surface area contributed by atoms with E-state index in [2.05, 4.69) is 14.7 Å². The molecule has 7 heteroatoms. The summed E-state index contributed by atoms with van der Waals surface area (Å²) in [4.78, 5) is 23.8. The van der Waals surface area contributed by atoms with Gasteiger partial charge in [-0.25, -0.2) is 14.6 Å². The van der Waals surface area contributed by atoms with Crippen LogP contribution in [0.3, 0.4) is 0 Å². The van der Waals surface area contributed by atoms with Crippen molar-refractivity contribution >= 4 is 33.3 Å². The average molecular weight is 412 g/mol. The first-order chi connectivity index (χ1) is 15.1. The third kappa shape index (κ3) is 3.16. The van der Waals surface area contributed by atoms with Crippen molar-refractivity contribution in [2.75, 3.05) is 18.0 Å². The number of benzene rings is 2. The van der Waals surface area contributed by atoms with E-state index in [0.717, 1.165) is 53.5 Å². The highest BCUT2D eigenvalue weighted by atomic mass is 16.1. The number of pyridine rings is 1. The molecule has 0 aliphatic carbocycles. The number of hydrogen-bond acceptors (Lipinski definition) is 4. The molecule has 2 aromatic carbocycles. The van der Waals surface area contributed by atoms with Crippen molar-refractivity contribution in [2.45, 2.75) is 25.4 Å². The van der Waals surface area contributed by atoms with Gasteiger partial charge in [0.1, 0.15) is 5.52 Å². The molecule has 0 saturated carbocycles. The van der Waals surface area contributed by atoms with Crippen molar-refractivity contribution in [3.8, 4) is 0 Å². The number of nitrogens with zero attached hydrogens (tertiary/aromatic N) is 5. The normalized spacial score (nSPS) is 16.7. The highest BCUT2D eigenvalue weighted by Crippen LogP contribution is 2.33. The van der Waals surface area contributed by atoms with Gasteiger partial charge in [-0.1, -0.05) is 36.4 Å². The number of imidazole rings is 1. The minimum atomic E-state index is -0.139. The van der Waals surface area contributed by atoms with E-state index in [1.807, 2.05) is 42.5 Å². The molecule has 31 heavy (non-hydrogen) atoms. The third-order valence-corrected chi connectivity index (χ3v) is 6.21. The van der Waals surface area contributed by atoms with Gasteiger partial charge in [0.05, 0.1) is 12.3 Å². The van der Waals surface area contributed by atoms with Gasteiger partial charge >= 0.3 is 5.69 Å². The average Bonchev–Trinajstić information content (AvgIpc) is 3.04. The first-order valence-corrected chi connectivity index (χ1v) is 10.5. The Morgan fingerprint density at radius 3 is 2.87 bits per heavy atom. The quantitative estimate of drug-likeness (QED) is 0.524. The number of piperidine rings is 1. The molecule has 156 valence electrons. The maximum Gasteiger partial charge on any atom is 0.330 e. The van der Waals surface area contributed by atoms with E-state index in [9.17, 15) is 4.79 Å². The molecule has 1 atom stereocenters. The topological polar surface area (TPSA) is 73.4 Å². The van der Waals surface area contributed by atoms with E-state index in [-0.39, 0.29) is 11.7 Å². The molecule has 2 aromatic heterocycles. The monoisotopic (exact) mass is 412 g/mol. The van der Waals surface area contributed by atoms with Crippen LogP contribution in [0.15, 0.2) is 53.5 Å². The van der Waals surface area contributed by atoms with Crippen molar-refractivity contribution in [3.05, 3.63) is 76.1 Å². The van der Waals surface area contributed by atoms with Crippen LogP contribution in [-0.4, -0.2) is 33.2 Å². The van der Waals surface area contributed by atoms with Crippen LogP contribution >= 0.6 is 0 Å². The summed E-state index contributed by atoms with van der Waals surface area (Å²) in [6.45, 7) is 9.75. The molecule has 0 radical (unpaired) electrons. The Morgan fingerprint density at radius 2 is 2.06 bits per heavy atom. The fourth-order valence-corrected chi connectivity index (χ4v) is 4.67. The molecule has 1 aliphatic heterocycles. The first kappa shape index (κ1) is 19.3. The van der Waals surface area contributed by atoms with Gasteiger partial charge in [-0.15, -0.1) is 0 Å². The number of aromatic nitrogens is 3. The van der Waals surface area contributed by atoms with Gasteiger partial charge in [0.2, 0.25) is 0 Å². The minimum absolute atomic E-state index is 0.120. The Morgan fingerprint density at radius 1 is 1.23 bits per heavy atom. The zero-order chi connectivity index (χ0) is 21.5. The van der Waals surface area contributed by atoms with Crippen LogP contribution in [0.5, 0.6) is 0 Å². The van der Waals surface area contributed by atoms with Gasteiger partial charge in [0.15, 0.2) is 11.3 Å². The van der Waals surface area contributed by atoms with Crippen LogP contribution in [0.4, 0.5) is 11.4 Å². The van der Waals surface area contributed by atoms with E-state index in [1.165, 1.54) is 0 Å². The van der Waals surface area contributed by atoms with E-state index in [0.29, 0.717) is 17.9 Å². The molecule has 0 amide bonds. The largest absolute Gasteiger partial charge is 0.368 e. The van der Waals surface area contributed by atoms with E-state index in [1.54, 1.807) is 22.4 Å². The van der Waals surface area contributed by atoms with Crippen molar-refractivity contribution in [1.82, 2.24) is 14.1 Å². The van der Waals surface area contributed by atoms with Gasteiger partial charge in [-0.05, 0) is 35.2 Å². The summed E-state index contributed by atoms with van der Waals surface area (Å²) in [6.07, 6.45) is 3.79. The Hall–Kier alpha value is -3.63. The number of hydrogen-bond donors (Lipinski definition) is 1. The molecule has 0 unspecified atom stereocenters. The van der Waals surface area contributed by atoms with Gasteiger partial charge in [-0.2, -0.15) is 0 Å². The summed E-state index contributed by atoms with van der Waals surface area (Å²) in [6, 6.07) is 13.9. The number of anilines is 1. The minimum Gasteiger partial charge on any atom is -0.368 e. The second kappa shape index (κ2) is 7.56. The molecule has 0 spiro atoms. The summed E-state index contributed by atoms with van der Waals surface area (Å²) in [7, 11) is 1.75. The molecule has 4 aromatic rings. The van der Waals surface area contributed by atoms with Crippen LogP contribution in [-0.2, 0) is 13.6 Å². The van der Waals surface area contributed by atoms with Crippen LogP contribution in [0.1, 0.15) is 18.4 Å². The van der Waals surface area contributed by atoms with Crippen molar-refractivity contribution in [2.24, 2.45) is 12.8 Å². The molecule has 7 nitrogen and oxygen atoms in total. The fraction of sp³-hybridized carbons (Fsp3) is 0.292. The standard InChI is InChI=1S/C24H24N6O/c1-26-21-17(10-9-16-6-3-4-8-19(16)21)14-30-22-20(29-13-5-7-18(25)15-29)11-12-27-23(22)28(2)24(30)31/h3-4,6,8-12,18H,5,7,13-15,25H2,2H3/t18-/m1/s1. The van der Waals surface area contributed by atoms with Gasteiger partial charge in [0, 0.05) is 38.9 Å². The molecule has 0 bridgehead atoms. The molecule has 1 saturated heterocycles. The molecule has 2 N–H and O–H groups in total. The number of aryl methyl sites for hydroxylation is 1. The van der Waals surface area contributed by atoms with Crippen LogP contribution in [0, 0.1) is 6.57 Å². The van der Waals surface area contributed by atoms with Gasteiger partial charge in [0.25, 0.3) is 0 Å². The van der Waals surface area contributed by atoms with E-state index < -0.39 is 0 Å². The molecule has 3 heterocycles. The Bertz CT molecular complexity index is 1390. The second-order valence-electron chi connectivity index (χ2n) is 8.18. The van der Waals surface area contributed by atoms with Gasteiger partial charge in [-0.3, -0.25) is 9.13 Å². The second-order valence-corrected chi connectivity index (χ2v) is 8.18. The van der Waals surface area contributed by atoms with Crippen LogP contribution in [0.25, 0.3) is 26.8 Å². The smallest absolute Gasteiger partial charge is 0.330 e. The predicted octanol–water partition coefficient (Wildman–Crippen LogP) is 3.41. The molecule has 1 fully saturated rings. The lowest BCUT2D eigenvalue weighted by Gasteiger charge is -2.33. The summed E-state index contributed by atoms with van der Waals surface area (Å²) < 4.78 is 3.33. The fourth-order valence-electron chi connectivity index (χ4n) is 4.67. The Balaban J connectivity index is 1.69. The van der Waals surface area contributed by atoms with E-state index >= 15 is 0 Å². The highest BCUT2D eigenvalue weighted by Gasteiger charge is 2.23. The van der Waals surface area contributed by atoms with Crippen LogP contribution in [0.2, 0.25) is 0 Å². The highest BCUT2D eigenvalue weighted by molar-refractivity contribution is 5.96. The van der Waals surface area contributed by atoms with Crippen molar-refractivity contribution in [1.29, 1.82) is 0 Å². The molecule has 5 rings (SSSR count). The lowest BCUT2D eigenvalue weighted by molar-refractivity contribution is 0.506. The lowest BCUT2D eigenvalue weighted by atomic mass is 10.0. The SMILES string of the molecule is [C-]#[N+]c1c(Cn2c(=O)n(C)c3nccc(N4CCC[C@@H](N)C4)c32)ccc2ccccc12. The number of nitrogens with two attached hydrogens (primary N) is 1. The number of fused-ring (bicyclic) bond motifs is 2. The first-order valence-electron chi connectivity index (χ1n) is 10.5. The summed E-state index contributed by atoms with van der Waals surface area (Å²) in [5, 5.41) is 1.93. The molecule has 1 aliphatic rings. The van der Waals surface area contributed by atoms with E-state index in [4.69, 9.17) is 12.3 Å². The van der Waals surface area contributed by atoms with Gasteiger partial charge < -0.3 is 10.6 Å². The maximum atomic E-state index is 13.2. The summed E-state index contributed by atoms with van der Waals surface area (Å²) >= 11 is 0. The maximum absolute atomic E-state index is 13.2. The predicted molar refractivity (Wildman–Crippen MR) is 124 cm³/mol. The summed E-state index contributed by atoms with van der Waals surface area (Å²) in [5.74, 6) is 0. The number of rotatable bonds is 3. The third-order valence-electron chi connectivity index (χ3n) is 6.21. The zero-order valence-electron chi connectivity index (χ0n) is 17.5. The Labute approximate surface area is 180 Å². The summed E-state index contributed by atoms with van der Waals surface area (Å²) in [5.41, 5.74) is 9.93. The lowest BCUT2D eigenvalue weighted by Crippen LogP contribution is -2.43.